The fraction of sp³-hybridized carbons (Fsp3) is 0.174. The predicted molar refractivity (Wildman–Crippen MR) is 203 cm³/mol. The minimum atomic E-state index is 0. The van der Waals surface area contributed by atoms with Gasteiger partial charge in [-0.25, -0.2) is 0 Å². The number of aryl methyl sites for hydroxylation is 4. The zero-order chi connectivity index (χ0) is 33.0. The topological polar surface area (TPSA) is 26.3 Å². The molecule has 0 saturated heterocycles. The van der Waals surface area contributed by atoms with E-state index < -0.39 is 0 Å². The largest absolute Gasteiger partial charge is 4.00 e. The minimum Gasteiger partial charge on any atom is -1.00 e. The molecule has 0 saturated carbocycles. The Bertz CT molecular complexity index is 2120. The summed E-state index contributed by atoms with van der Waals surface area (Å²) >= 11 is 0. The van der Waals surface area contributed by atoms with E-state index in [0.717, 1.165) is 47.0 Å². The molecule has 0 atom stereocenters. The molecule has 5 heteroatoms. The van der Waals surface area contributed by atoms with Gasteiger partial charge in [0.2, 0.25) is 0 Å². The zero-order valence-corrected chi connectivity index (χ0v) is 33.6. The smallest absolute Gasteiger partial charge is 1.00 e. The molecule has 2 heterocycles. The van der Waals surface area contributed by atoms with Gasteiger partial charge in [0.1, 0.15) is 0 Å². The van der Waals surface area contributed by atoms with Crippen LogP contribution in [-0.4, -0.2) is 0 Å². The van der Waals surface area contributed by atoms with Crippen molar-refractivity contribution in [2.24, 2.45) is 0 Å². The Morgan fingerprint density at radius 3 is 1.22 bits per heavy atom. The van der Waals surface area contributed by atoms with E-state index in [4.69, 9.17) is 8.83 Å². The van der Waals surface area contributed by atoms with Crippen LogP contribution in [0.3, 0.4) is 0 Å². The molecule has 0 aliphatic heterocycles. The van der Waals surface area contributed by atoms with Crippen molar-refractivity contribution in [3.8, 4) is 44.9 Å². The van der Waals surface area contributed by atoms with Crippen LogP contribution in [0.15, 0.2) is 142 Å². The second-order valence-corrected chi connectivity index (χ2v) is 12.8. The molecular weight excluding hydrogens is 747 g/mol. The van der Waals surface area contributed by atoms with E-state index in [9.17, 15) is 0 Å². The molecular formula is C46H42Cl2O2Zr. The number of halogens is 2. The average molecular weight is 789 g/mol. The fourth-order valence-electron chi connectivity index (χ4n) is 6.72. The molecule has 0 aliphatic rings. The summed E-state index contributed by atoms with van der Waals surface area (Å²) in [6, 6.07) is 48.0. The summed E-state index contributed by atoms with van der Waals surface area (Å²) in [6.45, 7) is 8.40. The summed E-state index contributed by atoms with van der Waals surface area (Å²) in [6.07, 6.45) is 4.65. The summed E-state index contributed by atoms with van der Waals surface area (Å²) in [5, 5.41) is 5.08. The van der Waals surface area contributed by atoms with Gasteiger partial charge in [0.05, 0.1) is 23.0 Å². The molecule has 256 valence electrons. The third kappa shape index (κ3) is 8.96. The van der Waals surface area contributed by atoms with E-state index in [1.165, 1.54) is 67.8 Å². The second-order valence-electron chi connectivity index (χ2n) is 12.8. The van der Waals surface area contributed by atoms with Crippen LogP contribution in [0.1, 0.15) is 49.3 Å². The molecule has 0 bridgehead atoms. The van der Waals surface area contributed by atoms with E-state index in [1.54, 1.807) is 0 Å². The summed E-state index contributed by atoms with van der Waals surface area (Å²) < 4.78 is 11.6. The van der Waals surface area contributed by atoms with E-state index in [0.29, 0.717) is 0 Å². The van der Waals surface area contributed by atoms with Crippen LogP contribution in [0.2, 0.25) is 0 Å². The summed E-state index contributed by atoms with van der Waals surface area (Å²) in [5.74, 6) is 3.77. The van der Waals surface area contributed by atoms with E-state index in [2.05, 4.69) is 123 Å². The maximum Gasteiger partial charge on any atom is 4.00 e. The molecule has 8 rings (SSSR count). The van der Waals surface area contributed by atoms with Crippen molar-refractivity contribution >= 4 is 21.5 Å². The Morgan fingerprint density at radius 2 is 0.882 bits per heavy atom. The van der Waals surface area contributed by atoms with Crippen molar-refractivity contribution in [1.29, 1.82) is 0 Å². The summed E-state index contributed by atoms with van der Waals surface area (Å²) in [7, 11) is 0. The molecule has 0 amide bonds. The molecule has 0 aliphatic carbocycles. The van der Waals surface area contributed by atoms with Gasteiger partial charge in [-0.05, 0) is 73.2 Å². The molecule has 2 aromatic heterocycles. The number of hydrogen-bond acceptors (Lipinski definition) is 2. The van der Waals surface area contributed by atoms with Gasteiger partial charge in [0, 0.05) is 0 Å². The molecule has 0 fully saturated rings. The SMILES string of the molecule is CCCc1ccc(-c2cccc3[cH-]c(-c4ccc(C)o4)cc23)cc1.CCCc1ccc(-c2cccc3[cH-]c(-c4ccc(C)o4)cc23)cc1.[Cl-].[Cl-].[Zr+4]. The van der Waals surface area contributed by atoms with E-state index in [-0.39, 0.29) is 51.0 Å². The van der Waals surface area contributed by atoms with Gasteiger partial charge in [-0.15, -0.1) is 57.9 Å². The Hall–Kier alpha value is -3.88. The Morgan fingerprint density at radius 1 is 0.490 bits per heavy atom. The predicted octanol–water partition coefficient (Wildman–Crippen LogP) is 7.50. The summed E-state index contributed by atoms with van der Waals surface area (Å²) in [5.41, 5.74) is 10.2. The van der Waals surface area contributed by atoms with Gasteiger partial charge < -0.3 is 33.6 Å². The van der Waals surface area contributed by atoms with Gasteiger partial charge >= 0.3 is 26.2 Å². The molecule has 51 heavy (non-hydrogen) atoms. The third-order valence-electron chi connectivity index (χ3n) is 9.16. The van der Waals surface area contributed by atoms with Crippen LogP contribution >= 0.6 is 0 Å². The molecule has 0 spiro atoms. The van der Waals surface area contributed by atoms with Crippen molar-refractivity contribution in [1.82, 2.24) is 0 Å². The van der Waals surface area contributed by atoms with Gasteiger partial charge in [-0.1, -0.05) is 122 Å². The van der Waals surface area contributed by atoms with Crippen LogP contribution < -0.4 is 24.8 Å². The van der Waals surface area contributed by atoms with Crippen LogP contribution in [-0.2, 0) is 39.0 Å². The maximum atomic E-state index is 5.79. The van der Waals surface area contributed by atoms with Crippen molar-refractivity contribution in [3.05, 3.63) is 156 Å². The quantitative estimate of drug-likeness (QED) is 0.149. The minimum absolute atomic E-state index is 0. The van der Waals surface area contributed by atoms with Crippen molar-refractivity contribution < 1.29 is 59.9 Å². The number of rotatable bonds is 8. The first kappa shape index (κ1) is 39.9. The molecule has 6 aromatic carbocycles. The van der Waals surface area contributed by atoms with Crippen molar-refractivity contribution in [2.45, 2.75) is 53.4 Å². The summed E-state index contributed by atoms with van der Waals surface area (Å²) in [4.78, 5) is 0. The Kier molecular flexibility index (Phi) is 14.1. The van der Waals surface area contributed by atoms with Crippen LogP contribution in [0, 0.1) is 13.8 Å². The Balaban J connectivity index is 0.000000216. The normalized spacial score (nSPS) is 10.6. The van der Waals surface area contributed by atoms with Crippen molar-refractivity contribution in [2.75, 3.05) is 0 Å². The first-order valence-electron chi connectivity index (χ1n) is 17.2. The van der Waals surface area contributed by atoms with Gasteiger partial charge in [-0.2, -0.15) is 0 Å². The maximum absolute atomic E-state index is 5.79. The monoisotopic (exact) mass is 786 g/mol. The molecule has 0 radical (unpaired) electrons. The molecule has 0 N–H and O–H groups in total. The molecule has 0 unspecified atom stereocenters. The number of fused-ring (bicyclic) bond motifs is 2. The average Bonchev–Trinajstić information content (AvgIpc) is 3.92. The number of benzene rings is 4. The second kappa shape index (κ2) is 18.1. The van der Waals surface area contributed by atoms with Crippen LogP contribution in [0.25, 0.3) is 66.4 Å². The fourth-order valence-corrected chi connectivity index (χ4v) is 6.72. The third-order valence-corrected chi connectivity index (χ3v) is 9.16. The van der Waals surface area contributed by atoms with E-state index >= 15 is 0 Å². The Labute approximate surface area is 333 Å². The van der Waals surface area contributed by atoms with Gasteiger partial charge in [0.15, 0.2) is 0 Å². The standard InChI is InChI=1S/2C23H21O.2ClH.Zr/c2*1-3-5-17-9-11-18(12-10-17)21-7-4-6-19-14-20(15-22(19)21)23-13-8-16(2)24-23;;;/h2*4,6-15H,3,5H2,1-2H3;2*1H;/q2*-1;;;+4/p-2. The van der Waals surface area contributed by atoms with Crippen molar-refractivity contribution in [3.63, 3.8) is 0 Å². The first-order valence-corrected chi connectivity index (χ1v) is 17.2. The molecule has 2 nitrogen and oxygen atoms in total. The number of hydrogen-bond donors (Lipinski definition) is 0. The number of furan rings is 2. The first-order chi connectivity index (χ1) is 23.5. The van der Waals surface area contributed by atoms with Gasteiger partial charge in [0.25, 0.3) is 0 Å². The van der Waals surface area contributed by atoms with Crippen LogP contribution in [0.4, 0.5) is 0 Å². The zero-order valence-electron chi connectivity index (χ0n) is 29.6. The van der Waals surface area contributed by atoms with Gasteiger partial charge in [-0.3, -0.25) is 0 Å². The van der Waals surface area contributed by atoms with Crippen LogP contribution in [0.5, 0.6) is 0 Å². The van der Waals surface area contributed by atoms with E-state index in [1.807, 2.05) is 38.1 Å². The molecule has 8 aromatic rings.